The van der Waals surface area contributed by atoms with Crippen molar-refractivity contribution in [3.8, 4) is 0 Å². The Morgan fingerprint density at radius 3 is 1.40 bits per heavy atom. The third-order valence-electron chi connectivity index (χ3n) is 0.566. The van der Waals surface area contributed by atoms with Gasteiger partial charge in [0.05, 0.1) is 0 Å². The molecule has 0 spiro atoms. The summed E-state index contributed by atoms with van der Waals surface area (Å²) in [4.78, 5) is 19.0. The predicted molar refractivity (Wildman–Crippen MR) is 36.8 cm³/mol. The van der Waals surface area contributed by atoms with Crippen molar-refractivity contribution in [2.45, 2.75) is 6.92 Å². The average molecular weight is 148 g/mol. The van der Waals surface area contributed by atoms with E-state index in [4.69, 9.17) is 5.11 Å². The number of hydrogen-bond donors (Lipinski definition) is 3. The molecule has 5 nitrogen and oxygen atoms in total. The number of amides is 2. The standard InChI is InChI=1S/C3H7NO.C2H5NO2/c1-3(5)4-2;1-3-2(4)5/h1-2H3,(H,4,5);3H,1H3,(H,4,5). The lowest BCUT2D eigenvalue weighted by molar-refractivity contribution is -0.118. The van der Waals surface area contributed by atoms with E-state index in [2.05, 4.69) is 5.32 Å². The van der Waals surface area contributed by atoms with E-state index < -0.39 is 6.09 Å². The van der Waals surface area contributed by atoms with E-state index in [1.54, 1.807) is 7.05 Å². The lowest BCUT2D eigenvalue weighted by atomic mass is 10.7. The summed E-state index contributed by atoms with van der Waals surface area (Å²) in [6.07, 6.45) is -0.995. The molecular formula is C5H12N2O3. The fraction of sp³-hybridized carbons (Fsp3) is 0.600. The van der Waals surface area contributed by atoms with Crippen LogP contribution in [0, 0.1) is 0 Å². The average Bonchev–Trinajstić information content (AvgIpc) is 1.89. The van der Waals surface area contributed by atoms with E-state index in [1.807, 2.05) is 5.32 Å². The molecule has 0 atom stereocenters. The zero-order valence-electron chi connectivity index (χ0n) is 6.26. The SMILES string of the molecule is CNC(=O)O.CNC(C)=O. The van der Waals surface area contributed by atoms with Gasteiger partial charge in [0.25, 0.3) is 0 Å². The van der Waals surface area contributed by atoms with Crippen LogP contribution >= 0.6 is 0 Å². The van der Waals surface area contributed by atoms with E-state index in [9.17, 15) is 9.59 Å². The summed E-state index contributed by atoms with van der Waals surface area (Å²) in [7, 11) is 2.95. The van der Waals surface area contributed by atoms with Crippen LogP contribution in [0.5, 0.6) is 0 Å². The molecule has 0 aliphatic heterocycles. The van der Waals surface area contributed by atoms with Gasteiger partial charge in [0.1, 0.15) is 0 Å². The van der Waals surface area contributed by atoms with Crippen molar-refractivity contribution in [3.63, 3.8) is 0 Å². The Morgan fingerprint density at radius 2 is 1.40 bits per heavy atom. The third-order valence-corrected chi connectivity index (χ3v) is 0.566. The fourth-order valence-corrected chi connectivity index (χ4v) is 0. The normalized spacial score (nSPS) is 6.70. The second-order valence-electron chi connectivity index (χ2n) is 1.36. The van der Waals surface area contributed by atoms with E-state index in [0.29, 0.717) is 0 Å². The van der Waals surface area contributed by atoms with Crippen LogP contribution < -0.4 is 10.6 Å². The van der Waals surface area contributed by atoms with Crippen LogP contribution in [-0.4, -0.2) is 31.2 Å². The van der Waals surface area contributed by atoms with Gasteiger partial charge in [0.2, 0.25) is 5.91 Å². The molecule has 0 unspecified atom stereocenters. The molecule has 0 fully saturated rings. The molecule has 0 aromatic carbocycles. The van der Waals surface area contributed by atoms with Gasteiger partial charge in [-0.05, 0) is 0 Å². The molecule has 60 valence electrons. The number of carboxylic acid groups (broad SMARTS) is 1. The maximum absolute atomic E-state index is 9.70. The largest absolute Gasteiger partial charge is 0.465 e. The van der Waals surface area contributed by atoms with E-state index in [-0.39, 0.29) is 5.91 Å². The quantitative estimate of drug-likeness (QED) is 0.438. The molecule has 0 aromatic rings. The molecule has 0 rings (SSSR count). The topological polar surface area (TPSA) is 78.4 Å². The molecule has 10 heavy (non-hydrogen) atoms. The van der Waals surface area contributed by atoms with Crippen molar-refractivity contribution in [2.75, 3.05) is 14.1 Å². The Labute approximate surface area is 59.4 Å². The Bertz CT molecular complexity index is 99.5. The summed E-state index contributed by atoms with van der Waals surface area (Å²) in [6, 6.07) is 0. The first-order valence-corrected chi connectivity index (χ1v) is 2.63. The minimum absolute atomic E-state index is 0.00463. The highest BCUT2D eigenvalue weighted by Crippen LogP contribution is 1.46. The summed E-state index contributed by atoms with van der Waals surface area (Å²) in [5, 5.41) is 11.9. The molecule has 0 saturated carbocycles. The molecule has 2 amide bonds. The summed E-state index contributed by atoms with van der Waals surface area (Å²) in [5.41, 5.74) is 0. The maximum Gasteiger partial charge on any atom is 0.404 e. The molecule has 0 heterocycles. The molecule has 0 aliphatic carbocycles. The number of nitrogens with one attached hydrogen (secondary N) is 2. The van der Waals surface area contributed by atoms with E-state index >= 15 is 0 Å². The Balaban J connectivity index is 0. The van der Waals surface area contributed by atoms with Crippen LogP contribution in [0.1, 0.15) is 6.92 Å². The van der Waals surface area contributed by atoms with Crippen molar-refractivity contribution >= 4 is 12.0 Å². The van der Waals surface area contributed by atoms with Gasteiger partial charge in [-0.2, -0.15) is 0 Å². The molecule has 3 N–H and O–H groups in total. The first-order chi connectivity index (χ1) is 4.54. The minimum Gasteiger partial charge on any atom is -0.465 e. The zero-order chi connectivity index (χ0) is 8.57. The second-order valence-corrected chi connectivity index (χ2v) is 1.36. The molecule has 0 bridgehead atoms. The fourth-order valence-electron chi connectivity index (χ4n) is 0. The molecule has 0 saturated heterocycles. The van der Waals surface area contributed by atoms with Crippen molar-refractivity contribution in [1.82, 2.24) is 10.6 Å². The van der Waals surface area contributed by atoms with Crippen molar-refractivity contribution in [2.24, 2.45) is 0 Å². The van der Waals surface area contributed by atoms with Crippen LogP contribution in [0.15, 0.2) is 0 Å². The molecule has 0 aliphatic rings. The number of carbonyl (C=O) groups excluding carboxylic acids is 1. The van der Waals surface area contributed by atoms with Crippen molar-refractivity contribution < 1.29 is 14.7 Å². The Morgan fingerprint density at radius 1 is 1.20 bits per heavy atom. The summed E-state index contributed by atoms with van der Waals surface area (Å²) in [5.74, 6) is 0.00463. The van der Waals surface area contributed by atoms with Crippen molar-refractivity contribution in [1.29, 1.82) is 0 Å². The monoisotopic (exact) mass is 148 g/mol. The van der Waals surface area contributed by atoms with Crippen LogP contribution in [0.3, 0.4) is 0 Å². The highest BCUT2D eigenvalue weighted by Gasteiger charge is 1.77. The Hall–Kier alpha value is -1.26. The van der Waals surface area contributed by atoms with Gasteiger partial charge in [0, 0.05) is 21.0 Å². The molecule has 5 heteroatoms. The lowest BCUT2D eigenvalue weighted by Gasteiger charge is -1.80. The summed E-state index contributed by atoms with van der Waals surface area (Å²) < 4.78 is 0. The van der Waals surface area contributed by atoms with Gasteiger partial charge < -0.3 is 15.7 Å². The first-order valence-electron chi connectivity index (χ1n) is 2.63. The first kappa shape index (κ1) is 11.5. The number of hydrogen-bond acceptors (Lipinski definition) is 2. The van der Waals surface area contributed by atoms with Crippen LogP contribution in [0.2, 0.25) is 0 Å². The predicted octanol–water partition coefficient (Wildman–Crippen LogP) is -0.364. The molecule has 0 aromatic heterocycles. The highest BCUT2D eigenvalue weighted by molar-refractivity contribution is 5.72. The van der Waals surface area contributed by atoms with E-state index in [1.165, 1.54) is 14.0 Å². The highest BCUT2D eigenvalue weighted by atomic mass is 16.4. The minimum atomic E-state index is -0.995. The number of carbonyl (C=O) groups is 2. The van der Waals surface area contributed by atoms with Crippen LogP contribution in [0.25, 0.3) is 0 Å². The zero-order valence-corrected chi connectivity index (χ0v) is 6.26. The van der Waals surface area contributed by atoms with Crippen molar-refractivity contribution in [3.05, 3.63) is 0 Å². The van der Waals surface area contributed by atoms with Crippen LogP contribution in [0.4, 0.5) is 4.79 Å². The van der Waals surface area contributed by atoms with Gasteiger partial charge >= 0.3 is 6.09 Å². The third kappa shape index (κ3) is 29.6. The molecule has 0 radical (unpaired) electrons. The number of rotatable bonds is 0. The van der Waals surface area contributed by atoms with Gasteiger partial charge in [-0.15, -0.1) is 0 Å². The van der Waals surface area contributed by atoms with Gasteiger partial charge in [0.15, 0.2) is 0 Å². The van der Waals surface area contributed by atoms with Gasteiger partial charge in [-0.3, -0.25) is 4.79 Å². The second kappa shape index (κ2) is 7.74. The molecular weight excluding hydrogens is 136 g/mol. The lowest BCUT2D eigenvalue weighted by Crippen LogP contribution is -2.13. The Kier molecular flexibility index (Phi) is 8.92. The summed E-state index contributed by atoms with van der Waals surface area (Å²) >= 11 is 0. The van der Waals surface area contributed by atoms with Crippen LogP contribution in [-0.2, 0) is 4.79 Å². The smallest absolute Gasteiger partial charge is 0.404 e. The maximum atomic E-state index is 9.70. The van der Waals surface area contributed by atoms with Gasteiger partial charge in [-0.1, -0.05) is 0 Å². The van der Waals surface area contributed by atoms with Gasteiger partial charge in [-0.25, -0.2) is 4.79 Å². The summed E-state index contributed by atoms with van der Waals surface area (Å²) in [6.45, 7) is 1.47. The van der Waals surface area contributed by atoms with E-state index in [0.717, 1.165) is 0 Å².